The highest BCUT2D eigenvalue weighted by atomic mass is 32.3. The van der Waals surface area contributed by atoms with Gasteiger partial charge in [-0.05, 0) is 25.8 Å². The number of aromatic nitrogens is 2. The minimum absolute atomic E-state index is 0.213. The monoisotopic (exact) mass is 1040 g/mol. The highest BCUT2D eigenvalue weighted by Crippen LogP contribution is 2.37. The smallest absolute Gasteiger partial charge is 0.397 e. The summed E-state index contributed by atoms with van der Waals surface area (Å²) in [6, 6.07) is -2.88. The van der Waals surface area contributed by atoms with Gasteiger partial charge in [0.1, 0.15) is 54.9 Å². The Morgan fingerprint density at radius 2 is 1.49 bits per heavy atom. The van der Waals surface area contributed by atoms with Gasteiger partial charge in [0.2, 0.25) is 5.91 Å². The fourth-order valence-electron chi connectivity index (χ4n) is 9.18. The summed E-state index contributed by atoms with van der Waals surface area (Å²) in [5.41, 5.74) is 3.80. The molecule has 27 heteroatoms. The van der Waals surface area contributed by atoms with E-state index >= 15 is 0 Å². The molecular weight excluding hydrogens is 967 g/mol. The molecule has 3 aliphatic rings. The van der Waals surface area contributed by atoms with E-state index in [1.165, 1.54) is 32.7 Å². The molecule has 1 amide bonds. The van der Waals surface area contributed by atoms with Crippen LogP contribution in [0.15, 0.2) is 21.9 Å². The van der Waals surface area contributed by atoms with Crippen molar-refractivity contribution in [1.82, 2.24) is 19.4 Å². The van der Waals surface area contributed by atoms with Gasteiger partial charge in [-0.2, -0.15) is 8.42 Å². The van der Waals surface area contributed by atoms with Crippen LogP contribution in [0.4, 0.5) is 0 Å². The number of esters is 2. The summed E-state index contributed by atoms with van der Waals surface area (Å²) in [6.07, 6.45) is -8.76. The number of unbranched alkanes of at least 4 members (excludes halogenated alkanes) is 10. The third-order valence-electron chi connectivity index (χ3n) is 12.8. The maximum atomic E-state index is 14.7. The molecule has 1 aromatic rings. The van der Waals surface area contributed by atoms with Crippen LogP contribution in [0.2, 0.25) is 0 Å². The number of carboxylic acids is 2. The number of hydrogen-bond acceptors (Lipinski definition) is 20. The Morgan fingerprint density at radius 1 is 0.873 bits per heavy atom. The van der Waals surface area contributed by atoms with Gasteiger partial charge in [-0.25, -0.2) is 13.8 Å². The Balaban J connectivity index is 1.62. The van der Waals surface area contributed by atoms with Crippen molar-refractivity contribution in [2.45, 2.75) is 190 Å². The van der Waals surface area contributed by atoms with Crippen molar-refractivity contribution < 1.29 is 90.3 Å². The van der Waals surface area contributed by atoms with Crippen LogP contribution < -0.4 is 17.0 Å². The number of nitrogens with zero attached hydrogens (tertiary/aromatic N) is 3. The summed E-state index contributed by atoms with van der Waals surface area (Å²) in [5.74, 6) is -6.26. The highest BCUT2D eigenvalue weighted by molar-refractivity contribution is 7.80. The molecule has 0 aliphatic carbocycles. The molecule has 26 nitrogen and oxygen atoms in total. The van der Waals surface area contributed by atoms with Crippen molar-refractivity contribution in [2.24, 2.45) is 11.7 Å². The lowest BCUT2D eigenvalue weighted by Crippen LogP contribution is -2.60. The molecule has 0 aromatic carbocycles. The first-order valence-electron chi connectivity index (χ1n) is 24.0. The largest absolute Gasteiger partial charge is 0.481 e. The summed E-state index contributed by atoms with van der Waals surface area (Å²) in [6.45, 7) is 2.64. The number of aliphatic hydroxyl groups is 3. The molecule has 1 aromatic heterocycles. The molecule has 3 saturated heterocycles. The van der Waals surface area contributed by atoms with E-state index < -0.39 is 156 Å². The Kier molecular flexibility index (Phi) is 23.0. The fourth-order valence-corrected chi connectivity index (χ4v) is 9.67. The number of hydrogen-bond donors (Lipinski definition) is 8. The van der Waals surface area contributed by atoms with E-state index in [4.69, 9.17) is 29.4 Å². The number of aromatic amines is 1. The van der Waals surface area contributed by atoms with Crippen LogP contribution in [0.1, 0.15) is 116 Å². The van der Waals surface area contributed by atoms with Gasteiger partial charge < -0.3 is 59.9 Å². The van der Waals surface area contributed by atoms with Crippen LogP contribution in [-0.2, 0) is 62.2 Å². The standard InChI is InChI=1S/C44H71N5O21S/c1-5-6-7-8-9-10-11-12-13-14-15-16-25(65-30(53)20-24(2)19-29(51)52)21-31(54)66-27-23-47(3)33(40(58)48(4)32(27)42(59)60)37(69-43-39(70-71(62,63)64)34(55)26(22-45)67-43)38-35(56)36(57)41(68-38)49-18-17-28(50)46-44(49)61/h17-18,24-27,32-39,41,43,55-57H,5-16,19-23,45H2,1-4H3,(H,51,52)(H,59,60)(H,46,50,61)(H,62,63,64)/t24?,25?,26-,27?,32?,33?,34-,35+,36-,37-,38?,39-,41-,43+/m1/s1. The number of carbonyl (C=O) groups is 5. The number of aliphatic carboxylic acids is 2. The van der Waals surface area contributed by atoms with Gasteiger partial charge in [0.05, 0.1) is 6.42 Å². The second kappa shape index (κ2) is 27.6. The van der Waals surface area contributed by atoms with Crippen LogP contribution in [0.25, 0.3) is 0 Å². The average Bonchev–Trinajstić information content (AvgIpc) is 3.69. The van der Waals surface area contributed by atoms with Gasteiger partial charge in [0, 0.05) is 45.2 Å². The zero-order valence-electron chi connectivity index (χ0n) is 40.4. The molecule has 4 heterocycles. The van der Waals surface area contributed by atoms with Gasteiger partial charge in [-0.3, -0.25) is 43.0 Å². The second-order valence-electron chi connectivity index (χ2n) is 18.5. The first-order valence-corrected chi connectivity index (χ1v) is 25.3. The van der Waals surface area contributed by atoms with E-state index in [0.29, 0.717) is 15.9 Å². The molecule has 6 unspecified atom stereocenters. The summed E-state index contributed by atoms with van der Waals surface area (Å²) >= 11 is 0. The number of likely N-dealkylation sites (N-methyl/N-ethyl adjacent to an activating group) is 2. The van der Waals surface area contributed by atoms with E-state index in [1.807, 2.05) is 4.98 Å². The van der Waals surface area contributed by atoms with Crippen molar-refractivity contribution in [1.29, 1.82) is 0 Å². The number of ether oxygens (including phenoxy) is 5. The minimum Gasteiger partial charge on any atom is -0.481 e. The maximum absolute atomic E-state index is 14.7. The minimum atomic E-state index is -5.37. The molecule has 0 bridgehead atoms. The normalized spacial score (nSPS) is 28.5. The number of rotatable bonds is 29. The summed E-state index contributed by atoms with van der Waals surface area (Å²) in [4.78, 5) is 94.3. The third kappa shape index (κ3) is 17.1. The number of aliphatic hydroxyl groups excluding tert-OH is 3. The molecule has 14 atom stereocenters. The molecule has 3 fully saturated rings. The summed E-state index contributed by atoms with van der Waals surface area (Å²) in [7, 11) is -3.06. The molecular formula is C44H71N5O21S. The summed E-state index contributed by atoms with van der Waals surface area (Å²) < 4.78 is 68.1. The van der Waals surface area contributed by atoms with Crippen LogP contribution in [0.3, 0.4) is 0 Å². The lowest BCUT2D eigenvalue weighted by molar-refractivity contribution is -0.230. The molecule has 0 saturated carbocycles. The number of carbonyl (C=O) groups excluding carboxylic acids is 3. The molecule has 0 spiro atoms. The molecule has 9 N–H and O–H groups in total. The quantitative estimate of drug-likeness (QED) is 0.0282. The summed E-state index contributed by atoms with van der Waals surface area (Å²) in [5, 5.41) is 53.4. The van der Waals surface area contributed by atoms with Gasteiger partial charge in [-0.1, -0.05) is 78.1 Å². The molecule has 404 valence electrons. The van der Waals surface area contributed by atoms with Gasteiger partial charge in [0.15, 0.2) is 24.7 Å². The molecule has 71 heavy (non-hydrogen) atoms. The molecule has 3 aliphatic heterocycles. The Morgan fingerprint density at radius 3 is 2.06 bits per heavy atom. The Hall–Kier alpha value is -4.42. The first-order chi connectivity index (χ1) is 33.5. The predicted octanol–water partition coefficient (Wildman–Crippen LogP) is -0.585. The van der Waals surface area contributed by atoms with Crippen molar-refractivity contribution >= 4 is 40.2 Å². The second-order valence-corrected chi connectivity index (χ2v) is 19.6. The average molecular weight is 1040 g/mol. The molecule has 0 radical (unpaired) electrons. The number of nitrogens with one attached hydrogen (secondary N) is 1. The zero-order chi connectivity index (χ0) is 52.7. The van der Waals surface area contributed by atoms with Crippen LogP contribution >= 0.6 is 0 Å². The number of amides is 1. The third-order valence-corrected chi connectivity index (χ3v) is 13.3. The van der Waals surface area contributed by atoms with E-state index in [-0.39, 0.29) is 19.3 Å². The maximum Gasteiger partial charge on any atom is 0.397 e. The number of carboxylic acid groups (broad SMARTS) is 2. The fraction of sp³-hybridized carbons (Fsp3) is 0.795. The van der Waals surface area contributed by atoms with Gasteiger partial charge >= 0.3 is 40.0 Å². The highest BCUT2D eigenvalue weighted by Gasteiger charge is 2.58. The van der Waals surface area contributed by atoms with Crippen molar-refractivity contribution in [2.75, 3.05) is 27.2 Å². The van der Waals surface area contributed by atoms with E-state index in [2.05, 4.69) is 11.1 Å². The van der Waals surface area contributed by atoms with Crippen molar-refractivity contribution in [3.05, 3.63) is 33.1 Å². The van der Waals surface area contributed by atoms with E-state index in [0.717, 1.165) is 62.7 Å². The van der Waals surface area contributed by atoms with Crippen LogP contribution in [0.5, 0.6) is 0 Å². The molecule has 4 rings (SSSR count). The SMILES string of the molecule is CCCCCCCCCCCCCC(CC(=O)OC1CN(C)C([C@@H](O[C@@H]2O[C@H](CN)[C@@H](O)[C@H]2OS(=O)(=O)O)C2O[C@@H](n3ccc(=O)[nH]c3=O)[C@H](O)[C@@H]2O)C(=O)N(C)C1C(=O)O)OC(=O)CC(C)CC(=O)O. The lowest BCUT2D eigenvalue weighted by Gasteiger charge is -2.38. The number of nitrogens with two attached hydrogens (primary N) is 1. The van der Waals surface area contributed by atoms with E-state index in [1.54, 1.807) is 6.92 Å². The van der Waals surface area contributed by atoms with Crippen LogP contribution in [0, 0.1) is 5.92 Å². The van der Waals surface area contributed by atoms with Gasteiger partial charge in [-0.15, -0.1) is 0 Å². The van der Waals surface area contributed by atoms with E-state index in [9.17, 15) is 72.1 Å². The predicted molar refractivity (Wildman–Crippen MR) is 244 cm³/mol. The van der Waals surface area contributed by atoms with Crippen LogP contribution in [-0.4, -0.2) is 188 Å². The van der Waals surface area contributed by atoms with Crippen molar-refractivity contribution in [3.63, 3.8) is 0 Å². The zero-order valence-corrected chi connectivity index (χ0v) is 41.2. The Labute approximate surface area is 410 Å². The van der Waals surface area contributed by atoms with Crippen molar-refractivity contribution in [3.8, 4) is 0 Å². The lowest BCUT2D eigenvalue weighted by atomic mass is 9.97. The Bertz CT molecular complexity index is 2160. The van der Waals surface area contributed by atoms with Gasteiger partial charge in [0.25, 0.3) is 5.56 Å². The first kappa shape index (κ1) is 59.1. The topological polar surface area (TPSA) is 384 Å². The number of H-pyrrole nitrogens is 1.